The van der Waals surface area contributed by atoms with E-state index in [1.807, 2.05) is 0 Å². The molecule has 0 aromatic carbocycles. The number of carboxylic acid groups (broad SMARTS) is 1. The van der Waals surface area contributed by atoms with Gasteiger partial charge in [0.25, 0.3) is 0 Å². The van der Waals surface area contributed by atoms with Gasteiger partial charge in [-0.15, -0.1) is 11.8 Å². The van der Waals surface area contributed by atoms with Crippen LogP contribution in [0.25, 0.3) is 0 Å². The number of rotatable bonds is 12. The van der Waals surface area contributed by atoms with Crippen LogP contribution in [-0.4, -0.2) is 11.1 Å². The zero-order valence-corrected chi connectivity index (χ0v) is 14.3. The molecule has 22 heavy (non-hydrogen) atoms. The molecule has 0 atom stereocenters. The molecule has 124 valence electrons. The average Bonchev–Trinajstić information content (AvgIpc) is 2.50. The van der Waals surface area contributed by atoms with Crippen LogP contribution >= 0.6 is 0 Å². The quantitative estimate of drug-likeness (QED) is 0.378. The Balaban J connectivity index is 3.23. The molecule has 0 aliphatic rings. The fourth-order valence-corrected chi connectivity index (χ4v) is 2.22. The first kappa shape index (κ1) is 20.6. The van der Waals surface area contributed by atoms with E-state index in [9.17, 15) is 4.79 Å². The standard InChI is InChI=1S/C20H32O2/c1-2-3-4-5-6-7-8-9-10-11-12-13-14-15-16-17-18-19-20(21)22/h2-12,15,18-19H2,1H3,(H,21,22). The third kappa shape index (κ3) is 18.6. The minimum atomic E-state index is -0.790. The van der Waals surface area contributed by atoms with Crippen molar-refractivity contribution in [1.29, 1.82) is 0 Å². The maximum Gasteiger partial charge on any atom is 0.304 e. The molecule has 0 fully saturated rings. The number of hydrogen-bond acceptors (Lipinski definition) is 1. The number of aliphatic carboxylic acids is 1. The van der Waals surface area contributed by atoms with E-state index in [2.05, 4.69) is 30.6 Å². The van der Waals surface area contributed by atoms with Gasteiger partial charge in [-0.05, 0) is 6.42 Å². The Hall–Kier alpha value is -1.41. The summed E-state index contributed by atoms with van der Waals surface area (Å²) in [6, 6.07) is 0. The van der Waals surface area contributed by atoms with Crippen LogP contribution in [0, 0.1) is 23.7 Å². The van der Waals surface area contributed by atoms with E-state index < -0.39 is 5.97 Å². The summed E-state index contributed by atoms with van der Waals surface area (Å²) in [4.78, 5) is 10.3. The normalized spacial score (nSPS) is 9.50. The molecular weight excluding hydrogens is 272 g/mol. The van der Waals surface area contributed by atoms with Crippen molar-refractivity contribution in [2.75, 3.05) is 0 Å². The fraction of sp³-hybridized carbons (Fsp3) is 0.750. The molecule has 0 unspecified atom stereocenters. The lowest BCUT2D eigenvalue weighted by atomic mass is 10.1. The van der Waals surface area contributed by atoms with Gasteiger partial charge in [0.1, 0.15) is 0 Å². The number of carboxylic acids is 1. The van der Waals surface area contributed by atoms with E-state index in [0.29, 0.717) is 12.8 Å². The van der Waals surface area contributed by atoms with Crippen LogP contribution in [0.15, 0.2) is 0 Å². The summed E-state index contributed by atoms with van der Waals surface area (Å²) in [5, 5.41) is 8.44. The third-order valence-corrected chi connectivity index (χ3v) is 3.55. The highest BCUT2D eigenvalue weighted by Gasteiger charge is 1.92. The summed E-state index contributed by atoms with van der Waals surface area (Å²) in [7, 11) is 0. The van der Waals surface area contributed by atoms with Gasteiger partial charge in [-0.2, -0.15) is 0 Å². The second kappa shape index (κ2) is 17.6. The molecule has 0 bridgehead atoms. The molecule has 0 aliphatic heterocycles. The zero-order valence-electron chi connectivity index (χ0n) is 14.3. The van der Waals surface area contributed by atoms with Gasteiger partial charge in [-0.1, -0.05) is 76.6 Å². The summed E-state index contributed by atoms with van der Waals surface area (Å²) < 4.78 is 0. The van der Waals surface area contributed by atoms with Crippen molar-refractivity contribution in [2.45, 2.75) is 96.8 Å². The average molecular weight is 304 g/mol. The molecule has 0 saturated carbocycles. The Morgan fingerprint density at radius 3 is 1.77 bits per heavy atom. The fourth-order valence-electron chi connectivity index (χ4n) is 2.22. The second-order valence-electron chi connectivity index (χ2n) is 5.71. The molecule has 0 amide bonds. The van der Waals surface area contributed by atoms with Crippen LogP contribution in [0.3, 0.4) is 0 Å². The first-order chi connectivity index (χ1) is 10.8. The highest BCUT2D eigenvalue weighted by atomic mass is 16.4. The summed E-state index contributed by atoms with van der Waals surface area (Å²) in [6.07, 6.45) is 15.6. The lowest BCUT2D eigenvalue weighted by Gasteiger charge is -2.00. The first-order valence-electron chi connectivity index (χ1n) is 8.90. The smallest absolute Gasteiger partial charge is 0.304 e. The summed E-state index contributed by atoms with van der Waals surface area (Å²) >= 11 is 0. The van der Waals surface area contributed by atoms with Crippen LogP contribution < -0.4 is 0 Å². The molecule has 0 saturated heterocycles. The monoisotopic (exact) mass is 304 g/mol. The van der Waals surface area contributed by atoms with Crippen molar-refractivity contribution in [3.8, 4) is 23.7 Å². The Morgan fingerprint density at radius 2 is 1.23 bits per heavy atom. The lowest BCUT2D eigenvalue weighted by Crippen LogP contribution is -1.91. The van der Waals surface area contributed by atoms with Gasteiger partial charge in [-0.25, -0.2) is 0 Å². The minimum absolute atomic E-state index is 0.124. The van der Waals surface area contributed by atoms with Crippen molar-refractivity contribution in [3.05, 3.63) is 0 Å². The predicted octanol–water partition coefficient (Wildman–Crippen LogP) is 5.56. The Labute approximate surface area is 137 Å². The molecular formula is C20H32O2. The van der Waals surface area contributed by atoms with E-state index in [4.69, 9.17) is 5.11 Å². The van der Waals surface area contributed by atoms with Gasteiger partial charge in [0, 0.05) is 12.8 Å². The van der Waals surface area contributed by atoms with Gasteiger partial charge in [0.15, 0.2) is 0 Å². The Morgan fingerprint density at radius 1 is 0.727 bits per heavy atom. The summed E-state index contributed by atoms with van der Waals surface area (Å²) in [5.41, 5.74) is 0. The lowest BCUT2D eigenvalue weighted by molar-refractivity contribution is -0.136. The molecule has 0 radical (unpaired) electrons. The SMILES string of the molecule is CCCCCCCCCCCCC#CCC#CCCC(=O)O. The summed E-state index contributed by atoms with van der Waals surface area (Å²) in [5.74, 6) is 11.1. The van der Waals surface area contributed by atoms with Crippen molar-refractivity contribution in [2.24, 2.45) is 0 Å². The van der Waals surface area contributed by atoms with Gasteiger partial charge in [0.2, 0.25) is 0 Å². The van der Waals surface area contributed by atoms with E-state index in [0.717, 1.165) is 6.42 Å². The van der Waals surface area contributed by atoms with Crippen molar-refractivity contribution < 1.29 is 9.90 Å². The second-order valence-corrected chi connectivity index (χ2v) is 5.71. The van der Waals surface area contributed by atoms with Crippen LogP contribution in [0.1, 0.15) is 96.8 Å². The molecule has 0 aromatic heterocycles. The highest BCUT2D eigenvalue weighted by Crippen LogP contribution is 2.10. The molecule has 2 nitrogen and oxygen atoms in total. The maximum atomic E-state index is 10.3. The van der Waals surface area contributed by atoms with E-state index in [1.54, 1.807) is 0 Å². The van der Waals surface area contributed by atoms with E-state index in [1.165, 1.54) is 64.2 Å². The third-order valence-electron chi connectivity index (χ3n) is 3.55. The predicted molar refractivity (Wildman–Crippen MR) is 93.5 cm³/mol. The van der Waals surface area contributed by atoms with Gasteiger partial charge >= 0.3 is 5.97 Å². The number of unbranched alkanes of at least 4 members (excludes halogenated alkanes) is 10. The molecule has 0 aromatic rings. The van der Waals surface area contributed by atoms with Crippen molar-refractivity contribution in [1.82, 2.24) is 0 Å². The first-order valence-corrected chi connectivity index (χ1v) is 8.90. The van der Waals surface area contributed by atoms with E-state index in [-0.39, 0.29) is 6.42 Å². The molecule has 2 heteroatoms. The molecule has 0 spiro atoms. The van der Waals surface area contributed by atoms with Crippen LogP contribution in [0.5, 0.6) is 0 Å². The van der Waals surface area contributed by atoms with Crippen molar-refractivity contribution in [3.63, 3.8) is 0 Å². The van der Waals surface area contributed by atoms with Crippen LogP contribution in [-0.2, 0) is 4.79 Å². The van der Waals surface area contributed by atoms with Crippen molar-refractivity contribution >= 4 is 5.97 Å². The van der Waals surface area contributed by atoms with Gasteiger partial charge in [-0.3, -0.25) is 4.79 Å². The molecule has 1 N–H and O–H groups in total. The Bertz CT molecular complexity index is 376. The van der Waals surface area contributed by atoms with Crippen LogP contribution in [0.4, 0.5) is 0 Å². The molecule has 0 heterocycles. The maximum absolute atomic E-state index is 10.3. The topological polar surface area (TPSA) is 37.3 Å². The number of carbonyl (C=O) groups is 1. The van der Waals surface area contributed by atoms with Gasteiger partial charge < -0.3 is 5.11 Å². The minimum Gasteiger partial charge on any atom is -0.481 e. The highest BCUT2D eigenvalue weighted by molar-refractivity contribution is 5.66. The molecule has 0 rings (SSSR count). The van der Waals surface area contributed by atoms with Crippen LogP contribution in [0.2, 0.25) is 0 Å². The van der Waals surface area contributed by atoms with Gasteiger partial charge in [0.05, 0.1) is 12.8 Å². The molecule has 0 aliphatic carbocycles. The largest absolute Gasteiger partial charge is 0.481 e. The number of hydrogen-bond donors (Lipinski definition) is 1. The zero-order chi connectivity index (χ0) is 16.3. The van der Waals surface area contributed by atoms with E-state index >= 15 is 0 Å². The summed E-state index contributed by atoms with van der Waals surface area (Å²) in [6.45, 7) is 2.26. The Kier molecular flexibility index (Phi) is 16.5.